The molecule has 4 heteroatoms. The van der Waals surface area contributed by atoms with Crippen molar-refractivity contribution in [3.05, 3.63) is 89.2 Å². The highest BCUT2D eigenvalue weighted by Crippen LogP contribution is 2.28. The molecule has 1 aliphatic heterocycles. The van der Waals surface area contributed by atoms with Gasteiger partial charge in [0.1, 0.15) is 5.69 Å². The van der Waals surface area contributed by atoms with Crippen LogP contribution in [0.5, 0.6) is 0 Å². The Bertz CT molecular complexity index is 967. The number of aryl methyl sites for hydroxylation is 2. The third-order valence-electron chi connectivity index (χ3n) is 5.08. The first-order chi connectivity index (χ1) is 13.2. The van der Waals surface area contributed by atoms with Gasteiger partial charge in [0, 0.05) is 30.7 Å². The fourth-order valence-electron chi connectivity index (χ4n) is 3.55. The molecule has 136 valence electrons. The average molecular weight is 357 g/mol. The molecular formula is C23H23N3O. The van der Waals surface area contributed by atoms with Gasteiger partial charge < -0.3 is 10.2 Å². The maximum atomic E-state index is 13.1. The van der Waals surface area contributed by atoms with Gasteiger partial charge >= 0.3 is 0 Å². The van der Waals surface area contributed by atoms with Gasteiger partial charge in [-0.2, -0.15) is 0 Å². The molecule has 0 atom stereocenters. The van der Waals surface area contributed by atoms with E-state index in [1.807, 2.05) is 47.4 Å². The number of nitrogens with zero attached hydrogens (tertiary/aromatic N) is 2. The van der Waals surface area contributed by atoms with Crippen LogP contribution in [0.4, 0.5) is 11.4 Å². The van der Waals surface area contributed by atoms with Gasteiger partial charge in [-0.25, -0.2) is 0 Å². The lowest BCUT2D eigenvalue weighted by atomic mass is 10.0. The molecule has 3 aromatic rings. The molecule has 0 saturated carbocycles. The molecule has 0 radical (unpaired) electrons. The van der Waals surface area contributed by atoms with Gasteiger partial charge in [-0.3, -0.25) is 9.78 Å². The van der Waals surface area contributed by atoms with Crippen LogP contribution in [0, 0.1) is 6.92 Å². The summed E-state index contributed by atoms with van der Waals surface area (Å²) >= 11 is 0. The molecule has 4 nitrogen and oxygen atoms in total. The van der Waals surface area contributed by atoms with Crippen LogP contribution in [0.2, 0.25) is 0 Å². The monoisotopic (exact) mass is 357 g/mol. The molecule has 1 N–H and O–H groups in total. The number of nitrogens with one attached hydrogen (secondary N) is 1. The van der Waals surface area contributed by atoms with E-state index >= 15 is 0 Å². The number of rotatable bonds is 4. The SMILES string of the molecule is Cc1ccccc1CNc1ccnc(C(=O)N2CCCc3ccccc32)c1. The fourth-order valence-corrected chi connectivity index (χ4v) is 3.55. The smallest absolute Gasteiger partial charge is 0.276 e. The first-order valence-corrected chi connectivity index (χ1v) is 9.36. The highest BCUT2D eigenvalue weighted by molar-refractivity contribution is 6.05. The van der Waals surface area contributed by atoms with Crippen LogP contribution in [0.1, 0.15) is 33.6 Å². The van der Waals surface area contributed by atoms with Gasteiger partial charge in [-0.05, 0) is 54.7 Å². The van der Waals surface area contributed by atoms with Crippen LogP contribution < -0.4 is 10.2 Å². The summed E-state index contributed by atoms with van der Waals surface area (Å²) in [5.41, 5.74) is 6.11. The van der Waals surface area contributed by atoms with Crippen LogP contribution in [-0.4, -0.2) is 17.4 Å². The summed E-state index contributed by atoms with van der Waals surface area (Å²) in [6.45, 7) is 3.56. The van der Waals surface area contributed by atoms with E-state index in [9.17, 15) is 4.79 Å². The van der Waals surface area contributed by atoms with Crippen molar-refractivity contribution in [2.75, 3.05) is 16.8 Å². The number of hydrogen-bond acceptors (Lipinski definition) is 3. The van der Waals surface area contributed by atoms with Crippen molar-refractivity contribution in [2.24, 2.45) is 0 Å². The van der Waals surface area contributed by atoms with Crippen molar-refractivity contribution in [3.8, 4) is 0 Å². The normalized spacial score (nSPS) is 13.1. The van der Waals surface area contributed by atoms with E-state index in [4.69, 9.17) is 0 Å². The Balaban J connectivity index is 1.53. The molecule has 0 unspecified atom stereocenters. The summed E-state index contributed by atoms with van der Waals surface area (Å²) < 4.78 is 0. The zero-order chi connectivity index (χ0) is 18.6. The Labute approximate surface area is 159 Å². The number of anilines is 2. The molecule has 1 aliphatic rings. The Hall–Kier alpha value is -3.14. The number of benzene rings is 2. The number of carbonyl (C=O) groups excluding carboxylic acids is 1. The Kier molecular flexibility index (Phi) is 4.88. The number of para-hydroxylation sites is 1. The lowest BCUT2D eigenvalue weighted by Crippen LogP contribution is -2.35. The second-order valence-corrected chi connectivity index (χ2v) is 6.90. The fraction of sp³-hybridized carbons (Fsp3) is 0.217. The molecule has 1 amide bonds. The highest BCUT2D eigenvalue weighted by Gasteiger charge is 2.24. The average Bonchev–Trinajstić information content (AvgIpc) is 2.72. The van der Waals surface area contributed by atoms with Crippen LogP contribution >= 0.6 is 0 Å². The number of pyridine rings is 1. The highest BCUT2D eigenvalue weighted by atomic mass is 16.2. The van der Waals surface area contributed by atoms with Crippen molar-refractivity contribution in [1.29, 1.82) is 0 Å². The maximum absolute atomic E-state index is 13.1. The lowest BCUT2D eigenvalue weighted by Gasteiger charge is -2.29. The minimum absolute atomic E-state index is 0.0401. The molecule has 0 saturated heterocycles. The van der Waals surface area contributed by atoms with Crippen molar-refractivity contribution in [3.63, 3.8) is 0 Å². The van der Waals surface area contributed by atoms with Crippen LogP contribution in [-0.2, 0) is 13.0 Å². The zero-order valence-corrected chi connectivity index (χ0v) is 15.5. The summed E-state index contributed by atoms with van der Waals surface area (Å²) in [6, 6.07) is 20.2. The second kappa shape index (κ2) is 7.62. The Morgan fingerprint density at radius 3 is 2.81 bits per heavy atom. The predicted molar refractivity (Wildman–Crippen MR) is 109 cm³/mol. The minimum atomic E-state index is -0.0401. The van der Waals surface area contributed by atoms with E-state index in [2.05, 4.69) is 35.4 Å². The van der Waals surface area contributed by atoms with Crippen molar-refractivity contribution in [2.45, 2.75) is 26.3 Å². The van der Waals surface area contributed by atoms with Gasteiger partial charge in [-0.1, -0.05) is 42.5 Å². The van der Waals surface area contributed by atoms with Gasteiger partial charge in [-0.15, -0.1) is 0 Å². The quantitative estimate of drug-likeness (QED) is 0.742. The van der Waals surface area contributed by atoms with Crippen molar-refractivity contribution in [1.82, 2.24) is 4.98 Å². The summed E-state index contributed by atoms with van der Waals surface area (Å²) in [5, 5.41) is 3.41. The summed E-state index contributed by atoms with van der Waals surface area (Å²) in [4.78, 5) is 19.3. The van der Waals surface area contributed by atoms with E-state index in [1.54, 1.807) is 6.20 Å². The van der Waals surface area contributed by atoms with Crippen LogP contribution in [0.25, 0.3) is 0 Å². The maximum Gasteiger partial charge on any atom is 0.276 e. The number of hydrogen-bond donors (Lipinski definition) is 1. The van der Waals surface area contributed by atoms with E-state index in [0.717, 1.165) is 37.3 Å². The molecule has 2 aromatic carbocycles. The standard InChI is InChI=1S/C23H23N3O/c1-17-7-2-3-9-19(17)16-25-20-12-13-24-21(15-20)23(27)26-14-6-10-18-8-4-5-11-22(18)26/h2-5,7-9,11-13,15H,6,10,14,16H2,1H3,(H,24,25). The lowest BCUT2D eigenvalue weighted by molar-refractivity contribution is 0.0980. The molecule has 4 rings (SSSR count). The molecule has 0 bridgehead atoms. The van der Waals surface area contributed by atoms with Gasteiger partial charge in [0.25, 0.3) is 5.91 Å². The summed E-state index contributed by atoms with van der Waals surface area (Å²) in [6.07, 6.45) is 3.70. The number of carbonyl (C=O) groups is 1. The molecule has 0 spiro atoms. The molecule has 27 heavy (non-hydrogen) atoms. The van der Waals surface area contributed by atoms with E-state index in [0.29, 0.717) is 5.69 Å². The molecule has 1 aromatic heterocycles. The first-order valence-electron chi connectivity index (χ1n) is 9.36. The number of amides is 1. The second-order valence-electron chi connectivity index (χ2n) is 6.90. The molecule has 2 heterocycles. The molecule has 0 aliphatic carbocycles. The van der Waals surface area contributed by atoms with Gasteiger partial charge in [0.05, 0.1) is 0 Å². The predicted octanol–water partition coefficient (Wildman–Crippen LogP) is 4.60. The van der Waals surface area contributed by atoms with Crippen molar-refractivity contribution >= 4 is 17.3 Å². The Morgan fingerprint density at radius 1 is 1.11 bits per heavy atom. The van der Waals surface area contributed by atoms with Gasteiger partial charge in [0.15, 0.2) is 0 Å². The van der Waals surface area contributed by atoms with E-state index in [-0.39, 0.29) is 5.91 Å². The molecular weight excluding hydrogens is 334 g/mol. The third-order valence-corrected chi connectivity index (χ3v) is 5.08. The molecule has 0 fully saturated rings. The Morgan fingerprint density at radius 2 is 1.93 bits per heavy atom. The minimum Gasteiger partial charge on any atom is -0.381 e. The zero-order valence-electron chi connectivity index (χ0n) is 15.5. The first kappa shape index (κ1) is 17.3. The topological polar surface area (TPSA) is 45.2 Å². The summed E-state index contributed by atoms with van der Waals surface area (Å²) in [7, 11) is 0. The van der Waals surface area contributed by atoms with Gasteiger partial charge in [0.2, 0.25) is 0 Å². The van der Waals surface area contributed by atoms with Crippen molar-refractivity contribution < 1.29 is 4.79 Å². The third kappa shape index (κ3) is 3.70. The number of fused-ring (bicyclic) bond motifs is 1. The van der Waals surface area contributed by atoms with E-state index < -0.39 is 0 Å². The van der Waals surface area contributed by atoms with E-state index in [1.165, 1.54) is 16.7 Å². The van der Waals surface area contributed by atoms with Crippen LogP contribution in [0.3, 0.4) is 0 Å². The largest absolute Gasteiger partial charge is 0.381 e. The summed E-state index contributed by atoms with van der Waals surface area (Å²) in [5.74, 6) is -0.0401. The van der Waals surface area contributed by atoms with Crippen LogP contribution in [0.15, 0.2) is 66.9 Å². The number of aromatic nitrogens is 1.